The Labute approximate surface area is 150 Å². The van der Waals surface area contributed by atoms with Crippen LogP contribution < -0.4 is 5.73 Å². The third-order valence-corrected chi connectivity index (χ3v) is 4.36. The van der Waals surface area contributed by atoms with Crippen molar-refractivity contribution in [2.45, 2.75) is 58.9 Å². The molecule has 126 valence electrons. The van der Waals surface area contributed by atoms with Gasteiger partial charge in [0, 0.05) is 25.1 Å². The standard InChI is InChI=1S/C16H28N4O.HI/c1-4-13(5-2)15-9-14(21-19-15)10-18-16(17)20-8-6-7-12(3)11-20;/h9,12-13H,4-8,10-11H2,1-3H3,(H2,17,18);1H. The molecule has 1 aliphatic rings. The number of aromatic nitrogens is 1. The molecule has 5 nitrogen and oxygen atoms in total. The van der Waals surface area contributed by atoms with Gasteiger partial charge in [-0.05, 0) is 31.6 Å². The number of rotatable bonds is 5. The molecule has 0 amide bonds. The average Bonchev–Trinajstić information content (AvgIpc) is 2.95. The predicted molar refractivity (Wildman–Crippen MR) is 101 cm³/mol. The number of aliphatic imine (C=N–C) groups is 1. The first kappa shape index (κ1) is 19.3. The van der Waals surface area contributed by atoms with Crippen molar-refractivity contribution in [3.63, 3.8) is 0 Å². The van der Waals surface area contributed by atoms with Crippen molar-refractivity contribution in [3.05, 3.63) is 17.5 Å². The monoisotopic (exact) mass is 420 g/mol. The Morgan fingerprint density at radius 3 is 2.86 bits per heavy atom. The number of piperidine rings is 1. The van der Waals surface area contributed by atoms with Gasteiger partial charge >= 0.3 is 0 Å². The second kappa shape index (κ2) is 9.37. The van der Waals surface area contributed by atoms with Gasteiger partial charge < -0.3 is 15.2 Å². The van der Waals surface area contributed by atoms with Gasteiger partial charge in [-0.2, -0.15) is 0 Å². The molecule has 0 radical (unpaired) electrons. The van der Waals surface area contributed by atoms with Crippen LogP contribution in [-0.2, 0) is 6.54 Å². The van der Waals surface area contributed by atoms with Crippen LogP contribution in [0.1, 0.15) is 63.8 Å². The van der Waals surface area contributed by atoms with Gasteiger partial charge in [-0.3, -0.25) is 0 Å². The molecule has 22 heavy (non-hydrogen) atoms. The van der Waals surface area contributed by atoms with Crippen LogP contribution in [0.4, 0.5) is 0 Å². The molecule has 1 unspecified atom stereocenters. The highest BCUT2D eigenvalue weighted by atomic mass is 127. The zero-order valence-electron chi connectivity index (χ0n) is 13.9. The topological polar surface area (TPSA) is 67.7 Å². The number of halogens is 1. The fraction of sp³-hybridized carbons (Fsp3) is 0.750. The second-order valence-electron chi connectivity index (χ2n) is 6.10. The molecule has 0 aromatic carbocycles. The summed E-state index contributed by atoms with van der Waals surface area (Å²) in [6.07, 6.45) is 4.64. The van der Waals surface area contributed by atoms with Gasteiger partial charge in [-0.1, -0.05) is 25.9 Å². The highest BCUT2D eigenvalue weighted by molar-refractivity contribution is 14.0. The van der Waals surface area contributed by atoms with Crippen molar-refractivity contribution < 1.29 is 4.52 Å². The lowest BCUT2D eigenvalue weighted by molar-refractivity contribution is 0.270. The van der Waals surface area contributed by atoms with E-state index < -0.39 is 0 Å². The summed E-state index contributed by atoms with van der Waals surface area (Å²) in [4.78, 5) is 6.64. The van der Waals surface area contributed by atoms with E-state index in [9.17, 15) is 0 Å². The van der Waals surface area contributed by atoms with Gasteiger partial charge in [-0.25, -0.2) is 4.99 Å². The fourth-order valence-electron chi connectivity index (χ4n) is 2.96. The summed E-state index contributed by atoms with van der Waals surface area (Å²) in [5.41, 5.74) is 7.13. The lowest BCUT2D eigenvalue weighted by atomic mass is 9.99. The summed E-state index contributed by atoms with van der Waals surface area (Å²) >= 11 is 0. The maximum atomic E-state index is 6.09. The van der Waals surface area contributed by atoms with Gasteiger partial charge in [0.1, 0.15) is 6.54 Å². The smallest absolute Gasteiger partial charge is 0.191 e. The van der Waals surface area contributed by atoms with Crippen LogP contribution in [0.3, 0.4) is 0 Å². The minimum absolute atomic E-state index is 0. The zero-order valence-corrected chi connectivity index (χ0v) is 16.2. The highest BCUT2D eigenvalue weighted by Gasteiger charge is 2.18. The van der Waals surface area contributed by atoms with Crippen LogP contribution in [0.5, 0.6) is 0 Å². The summed E-state index contributed by atoms with van der Waals surface area (Å²) in [6.45, 7) is 9.10. The van der Waals surface area contributed by atoms with E-state index in [0.29, 0.717) is 24.3 Å². The maximum Gasteiger partial charge on any atom is 0.191 e. The summed E-state index contributed by atoms with van der Waals surface area (Å²) in [5, 5.41) is 4.16. The van der Waals surface area contributed by atoms with E-state index in [1.165, 1.54) is 12.8 Å². The van der Waals surface area contributed by atoms with Crippen molar-refractivity contribution >= 4 is 29.9 Å². The van der Waals surface area contributed by atoms with E-state index >= 15 is 0 Å². The molecule has 1 fully saturated rings. The summed E-state index contributed by atoms with van der Waals surface area (Å²) in [7, 11) is 0. The zero-order chi connectivity index (χ0) is 15.2. The van der Waals surface area contributed by atoms with Gasteiger partial charge in [0.25, 0.3) is 0 Å². The molecule has 1 aliphatic heterocycles. The first-order valence-corrected chi connectivity index (χ1v) is 8.14. The molecule has 1 atom stereocenters. The van der Waals surface area contributed by atoms with Crippen molar-refractivity contribution in [3.8, 4) is 0 Å². The van der Waals surface area contributed by atoms with Crippen LogP contribution in [0.25, 0.3) is 0 Å². The average molecular weight is 420 g/mol. The summed E-state index contributed by atoms with van der Waals surface area (Å²) in [6, 6.07) is 2.02. The SMILES string of the molecule is CCC(CC)c1cc(CN=C(N)N2CCCC(C)C2)on1.I. The van der Waals surface area contributed by atoms with Crippen molar-refractivity contribution in [2.24, 2.45) is 16.6 Å². The van der Waals surface area contributed by atoms with Gasteiger partial charge in [0.2, 0.25) is 0 Å². The number of hydrogen-bond donors (Lipinski definition) is 1. The Morgan fingerprint density at radius 1 is 1.50 bits per heavy atom. The van der Waals surface area contributed by atoms with Crippen molar-refractivity contribution in [1.29, 1.82) is 0 Å². The van der Waals surface area contributed by atoms with Crippen LogP contribution in [0.15, 0.2) is 15.6 Å². The third-order valence-electron chi connectivity index (χ3n) is 4.36. The highest BCUT2D eigenvalue weighted by Crippen LogP contribution is 2.22. The maximum absolute atomic E-state index is 6.09. The van der Waals surface area contributed by atoms with E-state index in [4.69, 9.17) is 10.3 Å². The fourth-order valence-corrected chi connectivity index (χ4v) is 2.96. The van der Waals surface area contributed by atoms with Crippen LogP contribution in [-0.4, -0.2) is 29.1 Å². The molecule has 6 heteroatoms. The molecule has 2 N–H and O–H groups in total. The minimum atomic E-state index is 0. The largest absolute Gasteiger partial charge is 0.370 e. The molecular formula is C16H29IN4O. The molecule has 1 aromatic heterocycles. The first-order chi connectivity index (χ1) is 10.1. The Bertz CT molecular complexity index is 470. The molecule has 1 saturated heterocycles. The number of likely N-dealkylation sites (tertiary alicyclic amines) is 1. The van der Waals surface area contributed by atoms with Crippen molar-refractivity contribution in [2.75, 3.05) is 13.1 Å². The number of nitrogens with zero attached hydrogens (tertiary/aromatic N) is 3. The van der Waals surface area contributed by atoms with Gasteiger partial charge in [-0.15, -0.1) is 24.0 Å². The Hall–Kier alpha value is -0.790. The Kier molecular flexibility index (Phi) is 8.20. The number of guanidine groups is 1. The van der Waals surface area contributed by atoms with Crippen LogP contribution in [0.2, 0.25) is 0 Å². The number of hydrogen-bond acceptors (Lipinski definition) is 3. The normalized spacial score (nSPS) is 19.4. The Morgan fingerprint density at radius 2 is 2.23 bits per heavy atom. The van der Waals surface area contributed by atoms with E-state index in [1.54, 1.807) is 0 Å². The van der Waals surface area contributed by atoms with Gasteiger partial charge in [0.05, 0.1) is 5.69 Å². The van der Waals surface area contributed by atoms with Crippen LogP contribution in [0, 0.1) is 5.92 Å². The van der Waals surface area contributed by atoms with Crippen LogP contribution >= 0.6 is 24.0 Å². The number of nitrogens with two attached hydrogens (primary N) is 1. The lowest BCUT2D eigenvalue weighted by Gasteiger charge is -2.31. The second-order valence-corrected chi connectivity index (χ2v) is 6.10. The molecule has 2 heterocycles. The first-order valence-electron chi connectivity index (χ1n) is 8.14. The van der Waals surface area contributed by atoms with E-state index in [0.717, 1.165) is 37.4 Å². The van der Waals surface area contributed by atoms with Crippen molar-refractivity contribution in [1.82, 2.24) is 10.1 Å². The van der Waals surface area contributed by atoms with E-state index in [2.05, 4.69) is 35.8 Å². The lowest BCUT2D eigenvalue weighted by Crippen LogP contribution is -2.43. The Balaban J connectivity index is 0.00000242. The summed E-state index contributed by atoms with van der Waals surface area (Å²) < 4.78 is 5.38. The molecule has 0 saturated carbocycles. The molecule has 0 aliphatic carbocycles. The predicted octanol–water partition coefficient (Wildman–Crippen LogP) is 3.74. The quantitative estimate of drug-likeness (QED) is 0.448. The summed E-state index contributed by atoms with van der Waals surface area (Å²) in [5.74, 6) is 2.60. The molecule has 0 spiro atoms. The molecular weight excluding hydrogens is 391 g/mol. The molecule has 0 bridgehead atoms. The molecule has 2 rings (SSSR count). The van der Waals surface area contributed by atoms with E-state index in [1.807, 2.05) is 6.07 Å². The third kappa shape index (κ3) is 5.14. The molecule has 1 aromatic rings. The van der Waals surface area contributed by atoms with E-state index in [-0.39, 0.29) is 24.0 Å². The minimum Gasteiger partial charge on any atom is -0.370 e. The van der Waals surface area contributed by atoms with Gasteiger partial charge in [0.15, 0.2) is 11.7 Å².